The van der Waals surface area contributed by atoms with Gasteiger partial charge in [-0.2, -0.15) is 0 Å². The highest BCUT2D eigenvalue weighted by Gasteiger charge is 2.14. The fraction of sp³-hybridized carbons (Fsp3) is 0.714. The summed E-state index contributed by atoms with van der Waals surface area (Å²) in [5, 5.41) is 6.51. The Hall–Kier alpha value is -1.36. The number of nitrogens with zero attached hydrogens (tertiary/aromatic N) is 2. The van der Waals surface area contributed by atoms with E-state index in [1.165, 1.54) is 0 Å². The van der Waals surface area contributed by atoms with E-state index in [1.54, 1.807) is 0 Å². The Bertz CT molecular complexity index is 359. The zero-order chi connectivity index (χ0) is 14.3. The fourth-order valence-electron chi connectivity index (χ4n) is 1.69. The maximum Gasteiger partial charge on any atom is 0.132 e. The molecule has 0 saturated carbocycles. The van der Waals surface area contributed by atoms with E-state index in [-0.39, 0.29) is 6.04 Å². The van der Waals surface area contributed by atoms with Gasteiger partial charge in [0, 0.05) is 26.1 Å². The number of nitrogens with one attached hydrogen (secondary N) is 2. The molecule has 2 N–H and O–H groups in total. The molecular formula is C14H26N4O. The summed E-state index contributed by atoms with van der Waals surface area (Å²) in [5.41, 5.74) is 0. The second kappa shape index (κ2) is 7.94. The normalized spacial score (nSPS) is 12.5. The highest BCUT2D eigenvalue weighted by atomic mass is 16.5. The summed E-state index contributed by atoms with van der Waals surface area (Å²) in [6.45, 7) is 9.84. The van der Waals surface area contributed by atoms with Crippen LogP contribution in [0.4, 0.5) is 11.6 Å². The summed E-state index contributed by atoms with van der Waals surface area (Å²) in [5.74, 6) is 3.01. The van der Waals surface area contributed by atoms with Crippen LogP contribution in [0.3, 0.4) is 0 Å². The SMILES string of the molecule is CCOCC(Nc1cc(NC)nc(CC)n1)C(C)C. The molecule has 0 aliphatic heterocycles. The van der Waals surface area contributed by atoms with Crippen LogP contribution >= 0.6 is 0 Å². The number of rotatable bonds is 8. The van der Waals surface area contributed by atoms with Gasteiger partial charge < -0.3 is 15.4 Å². The number of aromatic nitrogens is 2. The van der Waals surface area contributed by atoms with Gasteiger partial charge in [-0.1, -0.05) is 20.8 Å². The van der Waals surface area contributed by atoms with Crippen LogP contribution in [0.1, 0.15) is 33.5 Å². The molecule has 108 valence electrons. The quantitative estimate of drug-likeness (QED) is 0.757. The number of hydrogen-bond donors (Lipinski definition) is 2. The summed E-state index contributed by atoms with van der Waals surface area (Å²) in [7, 11) is 1.87. The first-order valence-corrected chi connectivity index (χ1v) is 7.00. The molecule has 0 saturated heterocycles. The molecule has 1 rings (SSSR count). The van der Waals surface area contributed by atoms with Gasteiger partial charge in [0.15, 0.2) is 0 Å². The van der Waals surface area contributed by atoms with E-state index in [2.05, 4.69) is 41.4 Å². The Balaban J connectivity index is 2.82. The Morgan fingerprint density at radius 1 is 1.21 bits per heavy atom. The smallest absolute Gasteiger partial charge is 0.132 e. The predicted octanol–water partition coefficient (Wildman–Crippen LogP) is 2.55. The van der Waals surface area contributed by atoms with Crippen molar-refractivity contribution in [3.63, 3.8) is 0 Å². The molecule has 0 radical (unpaired) electrons. The van der Waals surface area contributed by atoms with Crippen molar-refractivity contribution in [1.29, 1.82) is 0 Å². The van der Waals surface area contributed by atoms with Crippen LogP contribution in [0.5, 0.6) is 0 Å². The molecule has 0 bridgehead atoms. The molecular weight excluding hydrogens is 240 g/mol. The molecule has 1 unspecified atom stereocenters. The zero-order valence-electron chi connectivity index (χ0n) is 12.7. The molecule has 19 heavy (non-hydrogen) atoms. The third-order valence-electron chi connectivity index (χ3n) is 2.98. The van der Waals surface area contributed by atoms with Crippen LogP contribution < -0.4 is 10.6 Å². The van der Waals surface area contributed by atoms with Gasteiger partial charge in [0.2, 0.25) is 0 Å². The van der Waals surface area contributed by atoms with E-state index in [0.717, 1.165) is 30.5 Å². The van der Waals surface area contributed by atoms with Crippen LogP contribution in [0.2, 0.25) is 0 Å². The minimum Gasteiger partial charge on any atom is -0.380 e. The lowest BCUT2D eigenvalue weighted by Gasteiger charge is -2.23. The van der Waals surface area contributed by atoms with Crippen molar-refractivity contribution in [2.24, 2.45) is 5.92 Å². The average Bonchev–Trinajstić information content (AvgIpc) is 2.42. The first kappa shape index (κ1) is 15.7. The maximum atomic E-state index is 5.52. The van der Waals surface area contributed by atoms with Crippen LogP contribution in [-0.2, 0) is 11.2 Å². The van der Waals surface area contributed by atoms with E-state index in [1.807, 2.05) is 20.0 Å². The Labute approximate surface area is 116 Å². The molecule has 5 heteroatoms. The van der Waals surface area contributed by atoms with Crippen LogP contribution in [0.15, 0.2) is 6.07 Å². The zero-order valence-corrected chi connectivity index (χ0v) is 12.7. The summed E-state index contributed by atoms with van der Waals surface area (Å²) in [6.07, 6.45) is 0.821. The fourth-order valence-corrected chi connectivity index (χ4v) is 1.69. The molecule has 1 atom stereocenters. The molecule has 1 heterocycles. The van der Waals surface area contributed by atoms with E-state index in [4.69, 9.17) is 4.74 Å². The van der Waals surface area contributed by atoms with Crippen LogP contribution in [-0.4, -0.2) is 36.3 Å². The van der Waals surface area contributed by atoms with Gasteiger partial charge in [0.1, 0.15) is 17.5 Å². The lowest BCUT2D eigenvalue weighted by atomic mass is 10.1. The maximum absolute atomic E-state index is 5.52. The standard InChI is InChI=1S/C14H26N4O/c1-6-12-17-13(15-5)8-14(18-12)16-11(10(3)4)9-19-7-2/h8,10-11H,6-7,9H2,1-5H3,(H2,15,16,17,18). The third-order valence-corrected chi connectivity index (χ3v) is 2.98. The molecule has 0 aliphatic carbocycles. The van der Waals surface area contributed by atoms with Crippen molar-refractivity contribution >= 4 is 11.6 Å². The van der Waals surface area contributed by atoms with Gasteiger partial charge in [-0.05, 0) is 12.8 Å². The lowest BCUT2D eigenvalue weighted by molar-refractivity contribution is 0.126. The van der Waals surface area contributed by atoms with Crippen molar-refractivity contribution < 1.29 is 4.74 Å². The summed E-state index contributed by atoms with van der Waals surface area (Å²) < 4.78 is 5.52. The van der Waals surface area contributed by atoms with Gasteiger partial charge in [-0.15, -0.1) is 0 Å². The largest absolute Gasteiger partial charge is 0.380 e. The van der Waals surface area contributed by atoms with Crippen molar-refractivity contribution in [1.82, 2.24) is 9.97 Å². The van der Waals surface area contributed by atoms with Crippen molar-refractivity contribution in [3.8, 4) is 0 Å². The molecule has 1 aromatic heterocycles. The van der Waals surface area contributed by atoms with Gasteiger partial charge in [-0.3, -0.25) is 0 Å². The number of aryl methyl sites for hydroxylation is 1. The van der Waals surface area contributed by atoms with Gasteiger partial charge in [-0.25, -0.2) is 9.97 Å². The van der Waals surface area contributed by atoms with Crippen LogP contribution in [0, 0.1) is 5.92 Å². The topological polar surface area (TPSA) is 59.1 Å². The number of anilines is 2. The summed E-state index contributed by atoms with van der Waals surface area (Å²) in [6, 6.07) is 2.18. The molecule has 1 aromatic rings. The minimum absolute atomic E-state index is 0.254. The lowest BCUT2D eigenvalue weighted by Crippen LogP contribution is -2.31. The number of ether oxygens (including phenoxy) is 1. The van der Waals surface area contributed by atoms with Crippen molar-refractivity contribution in [2.75, 3.05) is 30.9 Å². The first-order chi connectivity index (χ1) is 9.10. The van der Waals surface area contributed by atoms with Crippen molar-refractivity contribution in [2.45, 2.75) is 40.2 Å². The Morgan fingerprint density at radius 2 is 1.89 bits per heavy atom. The molecule has 0 fully saturated rings. The minimum atomic E-state index is 0.254. The van der Waals surface area contributed by atoms with Gasteiger partial charge >= 0.3 is 0 Å². The summed E-state index contributed by atoms with van der Waals surface area (Å²) >= 11 is 0. The monoisotopic (exact) mass is 266 g/mol. The van der Waals surface area contributed by atoms with Gasteiger partial charge in [0.05, 0.1) is 12.6 Å². The average molecular weight is 266 g/mol. The highest BCUT2D eigenvalue weighted by Crippen LogP contribution is 2.15. The Morgan fingerprint density at radius 3 is 2.42 bits per heavy atom. The second-order valence-electron chi connectivity index (χ2n) is 4.81. The predicted molar refractivity (Wildman–Crippen MR) is 79.7 cm³/mol. The highest BCUT2D eigenvalue weighted by molar-refractivity contribution is 5.47. The van der Waals surface area contributed by atoms with Crippen LogP contribution in [0.25, 0.3) is 0 Å². The summed E-state index contributed by atoms with van der Waals surface area (Å²) in [4.78, 5) is 8.90. The van der Waals surface area contributed by atoms with E-state index < -0.39 is 0 Å². The first-order valence-electron chi connectivity index (χ1n) is 7.00. The van der Waals surface area contributed by atoms with Gasteiger partial charge in [0.25, 0.3) is 0 Å². The number of hydrogen-bond acceptors (Lipinski definition) is 5. The second-order valence-corrected chi connectivity index (χ2v) is 4.81. The Kier molecular flexibility index (Phi) is 6.56. The van der Waals surface area contributed by atoms with E-state index >= 15 is 0 Å². The third kappa shape index (κ3) is 5.03. The van der Waals surface area contributed by atoms with E-state index in [9.17, 15) is 0 Å². The molecule has 0 spiro atoms. The molecule has 0 amide bonds. The van der Waals surface area contributed by atoms with E-state index in [0.29, 0.717) is 12.5 Å². The molecule has 0 aliphatic rings. The molecule has 0 aromatic carbocycles. The van der Waals surface area contributed by atoms with Crippen molar-refractivity contribution in [3.05, 3.63) is 11.9 Å². The molecule has 5 nitrogen and oxygen atoms in total.